The maximum absolute atomic E-state index is 5.75. The third-order valence-corrected chi connectivity index (χ3v) is 4.23. The molecular weight excluding hydrogens is 250 g/mol. The molecule has 5 nitrogen and oxygen atoms in total. The van der Waals surface area contributed by atoms with Crippen molar-refractivity contribution in [3.05, 3.63) is 29.7 Å². The molecule has 0 amide bonds. The Labute approximate surface area is 119 Å². The predicted molar refractivity (Wildman–Crippen MR) is 79.3 cm³/mol. The van der Waals surface area contributed by atoms with Gasteiger partial charge in [0.15, 0.2) is 11.5 Å². The molecular formula is C15H23N5. The van der Waals surface area contributed by atoms with Gasteiger partial charge in [-0.3, -0.25) is 9.30 Å². The molecule has 1 fully saturated rings. The van der Waals surface area contributed by atoms with Crippen LogP contribution in [0.2, 0.25) is 0 Å². The van der Waals surface area contributed by atoms with Crippen LogP contribution in [-0.2, 0) is 6.54 Å². The van der Waals surface area contributed by atoms with Gasteiger partial charge in [-0.05, 0) is 44.9 Å². The molecule has 1 aliphatic heterocycles. The van der Waals surface area contributed by atoms with Crippen molar-refractivity contribution in [2.45, 2.75) is 51.7 Å². The summed E-state index contributed by atoms with van der Waals surface area (Å²) in [6.45, 7) is 6.21. The van der Waals surface area contributed by atoms with E-state index in [2.05, 4.69) is 39.5 Å². The summed E-state index contributed by atoms with van der Waals surface area (Å²) < 4.78 is 2.12. The number of rotatable bonds is 3. The van der Waals surface area contributed by atoms with E-state index in [4.69, 9.17) is 5.73 Å². The van der Waals surface area contributed by atoms with Crippen LogP contribution in [0.15, 0.2) is 18.3 Å². The lowest BCUT2D eigenvalue weighted by Crippen LogP contribution is -2.39. The Morgan fingerprint density at radius 1 is 1.30 bits per heavy atom. The van der Waals surface area contributed by atoms with Gasteiger partial charge in [0.05, 0.1) is 6.04 Å². The van der Waals surface area contributed by atoms with Gasteiger partial charge in [-0.25, -0.2) is 0 Å². The zero-order chi connectivity index (χ0) is 14.1. The van der Waals surface area contributed by atoms with Crippen LogP contribution in [0.25, 0.3) is 5.65 Å². The summed E-state index contributed by atoms with van der Waals surface area (Å²) >= 11 is 0. The Hall–Kier alpha value is -1.46. The van der Waals surface area contributed by atoms with Crippen molar-refractivity contribution < 1.29 is 0 Å². The first-order valence-corrected chi connectivity index (χ1v) is 7.50. The molecule has 108 valence electrons. The fourth-order valence-electron chi connectivity index (χ4n) is 3.15. The molecule has 2 aromatic heterocycles. The average molecular weight is 273 g/mol. The molecule has 0 radical (unpaired) electrons. The maximum Gasteiger partial charge on any atom is 0.160 e. The molecule has 1 aliphatic rings. The molecule has 20 heavy (non-hydrogen) atoms. The molecule has 2 aromatic rings. The lowest BCUT2D eigenvalue weighted by atomic mass is 10.00. The topological polar surface area (TPSA) is 59.5 Å². The summed E-state index contributed by atoms with van der Waals surface area (Å²) in [6.07, 6.45) is 5.78. The Bertz CT molecular complexity index is 589. The zero-order valence-electron chi connectivity index (χ0n) is 12.3. The SMILES string of the molecule is CC(C)N1CCCCC1c1nnc2ccc(CN)cn12. The molecule has 0 aromatic carbocycles. The molecule has 5 heteroatoms. The fourth-order valence-corrected chi connectivity index (χ4v) is 3.15. The van der Waals surface area contributed by atoms with Crippen LogP contribution in [0, 0.1) is 0 Å². The summed E-state index contributed by atoms with van der Waals surface area (Å²) in [7, 11) is 0. The van der Waals surface area contributed by atoms with Gasteiger partial charge in [-0.2, -0.15) is 0 Å². The minimum atomic E-state index is 0.367. The van der Waals surface area contributed by atoms with Crippen molar-refractivity contribution in [3.63, 3.8) is 0 Å². The normalized spacial score (nSPS) is 20.9. The molecule has 3 rings (SSSR count). The standard InChI is InChI=1S/C15H23N5/c1-11(2)19-8-4-3-5-13(19)15-18-17-14-7-6-12(9-16)10-20(14)15/h6-7,10-11,13H,3-5,8-9,16H2,1-2H3. The third-order valence-electron chi connectivity index (χ3n) is 4.23. The van der Waals surface area contributed by atoms with E-state index in [1.807, 2.05) is 12.1 Å². The summed E-state index contributed by atoms with van der Waals surface area (Å²) in [5, 5.41) is 8.77. The number of fused-ring (bicyclic) bond motifs is 1. The van der Waals surface area contributed by atoms with Gasteiger partial charge >= 0.3 is 0 Å². The summed E-state index contributed by atoms with van der Waals surface area (Å²) in [5.74, 6) is 1.06. The highest BCUT2D eigenvalue weighted by atomic mass is 15.3. The number of hydrogen-bond acceptors (Lipinski definition) is 4. The first kappa shape index (κ1) is 13.5. The predicted octanol–water partition coefficient (Wildman–Crippen LogP) is 2.12. The van der Waals surface area contributed by atoms with Crippen LogP contribution in [-0.4, -0.2) is 32.1 Å². The minimum absolute atomic E-state index is 0.367. The highest BCUT2D eigenvalue weighted by Gasteiger charge is 2.29. The smallest absolute Gasteiger partial charge is 0.160 e. The Morgan fingerprint density at radius 2 is 2.15 bits per heavy atom. The minimum Gasteiger partial charge on any atom is -0.326 e. The van der Waals surface area contributed by atoms with E-state index in [0.717, 1.165) is 30.0 Å². The number of likely N-dealkylation sites (tertiary alicyclic amines) is 1. The van der Waals surface area contributed by atoms with Crippen molar-refractivity contribution in [1.29, 1.82) is 0 Å². The Kier molecular flexibility index (Phi) is 3.72. The van der Waals surface area contributed by atoms with Crippen LogP contribution in [0.1, 0.15) is 50.5 Å². The van der Waals surface area contributed by atoms with Crippen LogP contribution in [0.5, 0.6) is 0 Å². The second kappa shape index (κ2) is 5.50. The summed E-state index contributed by atoms with van der Waals surface area (Å²) in [5.41, 5.74) is 7.77. The number of pyridine rings is 1. The van der Waals surface area contributed by atoms with Gasteiger partial charge < -0.3 is 5.73 Å². The lowest BCUT2D eigenvalue weighted by molar-refractivity contribution is 0.105. The molecule has 0 spiro atoms. The fraction of sp³-hybridized carbons (Fsp3) is 0.600. The van der Waals surface area contributed by atoms with Gasteiger partial charge in [0, 0.05) is 18.8 Å². The van der Waals surface area contributed by atoms with Crippen LogP contribution in [0.4, 0.5) is 0 Å². The van der Waals surface area contributed by atoms with E-state index in [-0.39, 0.29) is 0 Å². The largest absolute Gasteiger partial charge is 0.326 e. The Morgan fingerprint density at radius 3 is 2.90 bits per heavy atom. The monoisotopic (exact) mass is 273 g/mol. The van der Waals surface area contributed by atoms with Crippen LogP contribution >= 0.6 is 0 Å². The molecule has 1 unspecified atom stereocenters. The van der Waals surface area contributed by atoms with E-state index in [0.29, 0.717) is 18.6 Å². The highest BCUT2D eigenvalue weighted by Crippen LogP contribution is 2.31. The van der Waals surface area contributed by atoms with E-state index in [1.54, 1.807) is 0 Å². The van der Waals surface area contributed by atoms with Crippen molar-refractivity contribution in [3.8, 4) is 0 Å². The van der Waals surface area contributed by atoms with Gasteiger partial charge in [0.25, 0.3) is 0 Å². The second-order valence-corrected chi connectivity index (χ2v) is 5.87. The van der Waals surface area contributed by atoms with Gasteiger partial charge in [-0.1, -0.05) is 12.5 Å². The van der Waals surface area contributed by atoms with Crippen LogP contribution in [0.3, 0.4) is 0 Å². The van der Waals surface area contributed by atoms with E-state index in [9.17, 15) is 0 Å². The van der Waals surface area contributed by atoms with Gasteiger partial charge in [0.1, 0.15) is 0 Å². The highest BCUT2D eigenvalue weighted by molar-refractivity contribution is 5.40. The van der Waals surface area contributed by atoms with E-state index in [1.165, 1.54) is 12.8 Å². The average Bonchev–Trinajstić information content (AvgIpc) is 2.89. The summed E-state index contributed by atoms with van der Waals surface area (Å²) in [4.78, 5) is 2.54. The van der Waals surface area contributed by atoms with Gasteiger partial charge in [-0.15, -0.1) is 10.2 Å². The number of nitrogens with two attached hydrogens (primary N) is 1. The Balaban J connectivity index is 2.03. The maximum atomic E-state index is 5.75. The van der Waals surface area contributed by atoms with E-state index >= 15 is 0 Å². The van der Waals surface area contributed by atoms with Crippen molar-refractivity contribution in [2.75, 3.05) is 6.54 Å². The third kappa shape index (κ3) is 2.31. The molecule has 0 saturated carbocycles. The summed E-state index contributed by atoms with van der Waals surface area (Å²) in [6, 6.07) is 4.92. The molecule has 1 atom stereocenters. The first-order valence-electron chi connectivity index (χ1n) is 7.50. The molecule has 1 saturated heterocycles. The number of nitrogens with zero attached hydrogens (tertiary/aromatic N) is 4. The van der Waals surface area contributed by atoms with Crippen molar-refractivity contribution in [2.24, 2.45) is 5.73 Å². The lowest BCUT2D eigenvalue weighted by Gasteiger charge is -2.37. The number of aromatic nitrogens is 3. The van der Waals surface area contributed by atoms with Gasteiger partial charge in [0.2, 0.25) is 0 Å². The number of piperidine rings is 1. The van der Waals surface area contributed by atoms with Crippen molar-refractivity contribution >= 4 is 5.65 Å². The van der Waals surface area contributed by atoms with Crippen LogP contribution < -0.4 is 5.73 Å². The quantitative estimate of drug-likeness (QED) is 0.930. The molecule has 3 heterocycles. The van der Waals surface area contributed by atoms with Crippen molar-refractivity contribution in [1.82, 2.24) is 19.5 Å². The second-order valence-electron chi connectivity index (χ2n) is 5.87. The number of hydrogen-bond donors (Lipinski definition) is 1. The zero-order valence-corrected chi connectivity index (χ0v) is 12.3. The molecule has 0 aliphatic carbocycles. The molecule has 2 N–H and O–H groups in total. The molecule has 0 bridgehead atoms. The van der Waals surface area contributed by atoms with E-state index < -0.39 is 0 Å². The first-order chi connectivity index (χ1) is 9.70.